The van der Waals surface area contributed by atoms with Crippen LogP contribution in [0, 0.1) is 0 Å². The van der Waals surface area contributed by atoms with Gasteiger partial charge >= 0.3 is 6.18 Å². The van der Waals surface area contributed by atoms with E-state index in [2.05, 4.69) is 14.7 Å². The van der Waals surface area contributed by atoms with Gasteiger partial charge in [0.15, 0.2) is 6.61 Å². The number of aromatic nitrogens is 2. The van der Waals surface area contributed by atoms with E-state index >= 15 is 0 Å². The summed E-state index contributed by atoms with van der Waals surface area (Å²) in [7, 11) is 0. The van der Waals surface area contributed by atoms with Crippen LogP contribution < -0.4 is 4.74 Å². The minimum absolute atomic E-state index is 0.0395. The molecule has 1 aromatic rings. The lowest BCUT2D eigenvalue weighted by molar-refractivity contribution is -0.154. The molecule has 1 saturated heterocycles. The van der Waals surface area contributed by atoms with E-state index < -0.39 is 12.8 Å². The predicted octanol–water partition coefficient (Wildman–Crippen LogP) is 2.64. The fourth-order valence-electron chi connectivity index (χ4n) is 3.39. The third-order valence-corrected chi connectivity index (χ3v) is 4.57. The number of morpholine rings is 1. The average Bonchev–Trinajstić information content (AvgIpc) is 3.02. The number of nitrogens with zero attached hydrogens (tertiary/aromatic N) is 3. The second-order valence-corrected chi connectivity index (χ2v) is 6.15. The number of hydrogen-bond acceptors (Lipinski definition) is 4. The lowest BCUT2D eigenvalue weighted by atomic mass is 9.90. The molecule has 0 bridgehead atoms. The van der Waals surface area contributed by atoms with Crippen molar-refractivity contribution < 1.29 is 22.6 Å². The Bertz CT molecular complexity index is 492. The highest BCUT2D eigenvalue weighted by Gasteiger charge is 2.30. The molecule has 5 nitrogen and oxygen atoms in total. The highest BCUT2D eigenvalue weighted by molar-refractivity contribution is 5.06. The second-order valence-electron chi connectivity index (χ2n) is 6.15. The molecular weight excluding hydrogens is 311 g/mol. The van der Waals surface area contributed by atoms with Crippen LogP contribution in [0.15, 0.2) is 12.3 Å². The highest BCUT2D eigenvalue weighted by atomic mass is 19.4. The van der Waals surface area contributed by atoms with E-state index in [0.29, 0.717) is 6.04 Å². The number of hydrogen-bond donors (Lipinski definition) is 0. The van der Waals surface area contributed by atoms with Gasteiger partial charge in [-0.05, 0) is 25.7 Å². The van der Waals surface area contributed by atoms with E-state index in [1.165, 1.54) is 6.07 Å². The molecule has 1 aromatic heterocycles. The van der Waals surface area contributed by atoms with E-state index in [1.807, 2.05) is 0 Å². The number of alkyl halides is 3. The van der Waals surface area contributed by atoms with Crippen LogP contribution in [-0.2, 0) is 4.74 Å². The van der Waals surface area contributed by atoms with Crippen LogP contribution in [0.2, 0.25) is 0 Å². The molecule has 1 aliphatic carbocycles. The van der Waals surface area contributed by atoms with E-state index in [4.69, 9.17) is 4.74 Å². The van der Waals surface area contributed by atoms with Crippen LogP contribution in [0.3, 0.4) is 0 Å². The van der Waals surface area contributed by atoms with E-state index in [0.717, 1.165) is 52.0 Å². The normalized spacial score (nSPS) is 27.1. The maximum atomic E-state index is 12.1. The lowest BCUT2D eigenvalue weighted by Gasteiger charge is -2.38. The largest absolute Gasteiger partial charge is 0.467 e. The fraction of sp³-hybridized carbons (Fsp3) is 0.800. The molecule has 3 rings (SSSR count). The van der Waals surface area contributed by atoms with Gasteiger partial charge in [0, 0.05) is 31.4 Å². The Hall–Kier alpha value is -1.28. The molecule has 0 spiro atoms. The van der Waals surface area contributed by atoms with E-state index in [-0.39, 0.29) is 11.9 Å². The van der Waals surface area contributed by atoms with Crippen molar-refractivity contribution in [1.29, 1.82) is 0 Å². The van der Waals surface area contributed by atoms with Crippen LogP contribution in [0.5, 0.6) is 5.88 Å². The molecule has 0 aromatic carbocycles. The maximum Gasteiger partial charge on any atom is 0.422 e. The van der Waals surface area contributed by atoms with Gasteiger partial charge in [-0.15, -0.1) is 5.10 Å². The van der Waals surface area contributed by atoms with Crippen LogP contribution in [0.4, 0.5) is 13.2 Å². The van der Waals surface area contributed by atoms with Crippen LogP contribution >= 0.6 is 0 Å². The maximum absolute atomic E-state index is 12.1. The minimum atomic E-state index is -4.33. The zero-order chi connectivity index (χ0) is 16.3. The minimum Gasteiger partial charge on any atom is -0.467 e. The van der Waals surface area contributed by atoms with Gasteiger partial charge < -0.3 is 9.47 Å². The Morgan fingerprint density at radius 2 is 1.78 bits per heavy atom. The standard InChI is InChI=1S/C15H22F3N3O2/c16-15(17,18)11-23-14-5-6-21(19-14)13-3-1-12(2-4-13)20-7-9-22-10-8-20/h5-6,12-13H,1-4,7-11H2/t12-,13-. The molecule has 1 aliphatic heterocycles. The summed E-state index contributed by atoms with van der Waals surface area (Å²) in [6.45, 7) is 2.30. The summed E-state index contributed by atoms with van der Waals surface area (Å²) < 4.78 is 48.3. The van der Waals surface area contributed by atoms with Gasteiger partial charge in [-0.3, -0.25) is 9.58 Å². The van der Waals surface area contributed by atoms with Gasteiger partial charge in [-0.2, -0.15) is 13.2 Å². The van der Waals surface area contributed by atoms with Crippen molar-refractivity contribution in [3.05, 3.63) is 12.3 Å². The molecule has 2 fully saturated rings. The average molecular weight is 333 g/mol. The topological polar surface area (TPSA) is 39.5 Å². The van der Waals surface area contributed by atoms with Gasteiger partial charge in [0.1, 0.15) is 0 Å². The van der Waals surface area contributed by atoms with Crippen molar-refractivity contribution in [2.75, 3.05) is 32.9 Å². The monoisotopic (exact) mass is 333 g/mol. The summed E-state index contributed by atoms with van der Waals surface area (Å²) in [5.41, 5.74) is 0. The zero-order valence-corrected chi connectivity index (χ0v) is 13.0. The number of halogens is 3. The Morgan fingerprint density at radius 3 is 2.43 bits per heavy atom. The highest BCUT2D eigenvalue weighted by Crippen LogP contribution is 2.31. The summed E-state index contributed by atoms with van der Waals surface area (Å²) >= 11 is 0. The first-order valence-corrected chi connectivity index (χ1v) is 8.08. The first kappa shape index (κ1) is 16.6. The molecule has 0 amide bonds. The quantitative estimate of drug-likeness (QED) is 0.849. The van der Waals surface area contributed by atoms with Crippen molar-refractivity contribution in [2.24, 2.45) is 0 Å². The van der Waals surface area contributed by atoms with Crippen molar-refractivity contribution in [2.45, 2.75) is 43.9 Å². The van der Waals surface area contributed by atoms with Crippen molar-refractivity contribution >= 4 is 0 Å². The predicted molar refractivity (Wildman–Crippen MR) is 77.5 cm³/mol. The lowest BCUT2D eigenvalue weighted by Crippen LogP contribution is -2.45. The van der Waals surface area contributed by atoms with Gasteiger partial charge in [0.25, 0.3) is 0 Å². The van der Waals surface area contributed by atoms with Crippen molar-refractivity contribution in [1.82, 2.24) is 14.7 Å². The Balaban J connectivity index is 1.48. The summed E-state index contributed by atoms with van der Waals surface area (Å²) in [6, 6.07) is 2.34. The summed E-state index contributed by atoms with van der Waals surface area (Å²) in [5, 5.41) is 4.14. The fourth-order valence-corrected chi connectivity index (χ4v) is 3.39. The zero-order valence-electron chi connectivity index (χ0n) is 13.0. The van der Waals surface area contributed by atoms with Crippen molar-refractivity contribution in [3.8, 4) is 5.88 Å². The molecule has 2 heterocycles. The van der Waals surface area contributed by atoms with E-state index in [9.17, 15) is 13.2 Å². The number of ether oxygens (including phenoxy) is 2. The molecule has 0 atom stereocenters. The molecule has 0 N–H and O–H groups in total. The van der Waals surface area contributed by atoms with Gasteiger partial charge in [0.05, 0.1) is 19.3 Å². The summed E-state index contributed by atoms with van der Waals surface area (Å²) in [4.78, 5) is 2.49. The molecule has 1 saturated carbocycles. The Labute approximate surface area is 133 Å². The van der Waals surface area contributed by atoms with Crippen molar-refractivity contribution in [3.63, 3.8) is 0 Å². The van der Waals surface area contributed by atoms with Crippen LogP contribution in [0.25, 0.3) is 0 Å². The SMILES string of the molecule is FC(F)(F)COc1ccn([C@H]2CC[C@H](N3CCOCC3)CC2)n1. The Kier molecular flexibility index (Phi) is 5.11. The van der Waals surface area contributed by atoms with E-state index in [1.54, 1.807) is 10.9 Å². The Morgan fingerprint density at radius 1 is 1.13 bits per heavy atom. The third kappa shape index (κ3) is 4.60. The van der Waals surface area contributed by atoms with Crippen LogP contribution in [-0.4, -0.2) is 59.8 Å². The molecule has 23 heavy (non-hydrogen) atoms. The molecule has 130 valence electrons. The smallest absolute Gasteiger partial charge is 0.422 e. The first-order chi connectivity index (χ1) is 11.0. The molecule has 0 radical (unpaired) electrons. The van der Waals surface area contributed by atoms with Gasteiger partial charge in [-0.1, -0.05) is 0 Å². The first-order valence-electron chi connectivity index (χ1n) is 8.08. The van der Waals surface area contributed by atoms with Gasteiger partial charge in [-0.25, -0.2) is 0 Å². The van der Waals surface area contributed by atoms with Gasteiger partial charge in [0.2, 0.25) is 5.88 Å². The molecule has 8 heteroatoms. The number of rotatable bonds is 4. The molecular formula is C15H22F3N3O2. The third-order valence-electron chi connectivity index (χ3n) is 4.57. The summed E-state index contributed by atoms with van der Waals surface area (Å²) in [5.74, 6) is 0.0395. The van der Waals surface area contributed by atoms with Crippen LogP contribution in [0.1, 0.15) is 31.7 Å². The molecule has 0 unspecified atom stereocenters. The summed E-state index contributed by atoms with van der Waals surface area (Å²) in [6.07, 6.45) is 1.53. The second kappa shape index (κ2) is 7.09. The molecule has 2 aliphatic rings.